The molecule has 0 saturated heterocycles. The van der Waals surface area contributed by atoms with Gasteiger partial charge in [-0.2, -0.15) is 4.98 Å². The molecule has 0 spiro atoms. The first kappa shape index (κ1) is 24.5. The van der Waals surface area contributed by atoms with E-state index in [4.69, 9.17) is 14.7 Å². The summed E-state index contributed by atoms with van der Waals surface area (Å²) < 4.78 is 5.32. The number of nitrogens with zero attached hydrogens (tertiary/aromatic N) is 3. The molecule has 1 unspecified atom stereocenters. The van der Waals surface area contributed by atoms with Crippen LogP contribution < -0.4 is 20.3 Å². The van der Waals surface area contributed by atoms with Crippen LogP contribution in [0.15, 0.2) is 18.2 Å². The minimum absolute atomic E-state index is 0.0218. The topological polar surface area (TPSA) is 96.4 Å². The molecule has 8 heteroatoms. The number of carbonyl (C=O) groups excluding carboxylic acids is 2. The van der Waals surface area contributed by atoms with Crippen LogP contribution in [-0.4, -0.2) is 54.9 Å². The number of rotatable bonds is 7. The molecule has 36 heavy (non-hydrogen) atoms. The molecule has 1 amide bonds. The van der Waals surface area contributed by atoms with Gasteiger partial charge in [-0.3, -0.25) is 9.59 Å². The van der Waals surface area contributed by atoms with Crippen molar-refractivity contribution in [3.05, 3.63) is 40.6 Å². The Morgan fingerprint density at radius 2 is 1.83 bits per heavy atom. The van der Waals surface area contributed by atoms with Gasteiger partial charge >= 0.3 is 0 Å². The number of methoxy groups -OCH3 is 1. The molecule has 5 rings (SSSR count). The van der Waals surface area contributed by atoms with Crippen LogP contribution in [-0.2, 0) is 17.6 Å². The zero-order valence-corrected chi connectivity index (χ0v) is 21.6. The number of nitrogens with one attached hydrogen (secondary N) is 2. The molecule has 2 aromatic rings. The first-order chi connectivity index (χ1) is 17.4. The van der Waals surface area contributed by atoms with E-state index >= 15 is 0 Å². The summed E-state index contributed by atoms with van der Waals surface area (Å²) in [5, 5.41) is 6.80. The number of hydrogen-bond acceptors (Lipinski definition) is 7. The number of aryl methyl sites for hydroxylation is 1. The molecule has 0 bridgehead atoms. The number of ether oxygens (including phenoxy) is 1. The Bertz CT molecular complexity index is 1140. The molecule has 0 aliphatic heterocycles. The third-order valence-electron chi connectivity index (χ3n) is 7.87. The van der Waals surface area contributed by atoms with Crippen LogP contribution in [0.5, 0.6) is 5.75 Å². The molecule has 0 radical (unpaired) electrons. The summed E-state index contributed by atoms with van der Waals surface area (Å²) in [7, 11) is 5.71. The summed E-state index contributed by atoms with van der Waals surface area (Å²) in [5.74, 6) is 2.54. The van der Waals surface area contributed by atoms with Crippen molar-refractivity contribution in [3.8, 4) is 5.75 Å². The normalized spacial score (nSPS) is 23.0. The largest absolute Gasteiger partial charge is 0.497 e. The molecule has 1 saturated carbocycles. The second-order valence-corrected chi connectivity index (χ2v) is 10.6. The van der Waals surface area contributed by atoms with Crippen LogP contribution >= 0.6 is 0 Å². The van der Waals surface area contributed by atoms with Crippen LogP contribution in [0, 0.1) is 0 Å². The number of benzene rings is 1. The number of amides is 1. The predicted octanol–water partition coefficient (Wildman–Crippen LogP) is 4.03. The van der Waals surface area contributed by atoms with Gasteiger partial charge in [-0.1, -0.05) is 0 Å². The molecule has 1 aromatic carbocycles. The summed E-state index contributed by atoms with van der Waals surface area (Å²) in [6, 6.07) is 6.00. The number of ketones is 1. The second-order valence-electron chi connectivity index (χ2n) is 10.6. The fraction of sp³-hybridized carbons (Fsp3) is 0.571. The van der Waals surface area contributed by atoms with Crippen LogP contribution in [0.2, 0.25) is 0 Å². The summed E-state index contributed by atoms with van der Waals surface area (Å²) in [5.41, 5.74) is 4.15. The van der Waals surface area contributed by atoms with Gasteiger partial charge in [0.1, 0.15) is 11.6 Å². The molecule has 1 fully saturated rings. The van der Waals surface area contributed by atoms with Gasteiger partial charge in [0, 0.05) is 56.1 Å². The van der Waals surface area contributed by atoms with Gasteiger partial charge in [0.25, 0.3) is 0 Å². The third-order valence-corrected chi connectivity index (χ3v) is 7.87. The molecule has 1 heterocycles. The number of hydrogen-bond donors (Lipinski definition) is 2. The molecule has 1 aromatic heterocycles. The number of aromatic nitrogens is 2. The van der Waals surface area contributed by atoms with Crippen molar-refractivity contribution in [1.29, 1.82) is 0 Å². The monoisotopic (exact) mass is 491 g/mol. The van der Waals surface area contributed by atoms with Gasteiger partial charge in [0.2, 0.25) is 11.9 Å². The highest BCUT2D eigenvalue weighted by Gasteiger charge is 2.32. The van der Waals surface area contributed by atoms with E-state index in [1.165, 1.54) is 24.1 Å². The van der Waals surface area contributed by atoms with Crippen molar-refractivity contribution >= 4 is 23.5 Å². The average Bonchev–Trinajstić information content (AvgIpc) is 3.18. The van der Waals surface area contributed by atoms with Crippen molar-refractivity contribution in [2.24, 2.45) is 0 Å². The molecule has 3 aliphatic rings. The highest BCUT2D eigenvalue weighted by Crippen LogP contribution is 2.37. The maximum Gasteiger partial charge on any atom is 0.225 e. The SMILES string of the molecule is COc1ccc2c(c1)C(CC(=O)NC1CCC(Nc3nc4c(c(N(C)C)n3)CCCC4)CC1)CC2=O. The molecular weight excluding hydrogens is 454 g/mol. The lowest BCUT2D eigenvalue weighted by atomic mass is 9.90. The predicted molar refractivity (Wildman–Crippen MR) is 140 cm³/mol. The quantitative estimate of drug-likeness (QED) is 0.604. The highest BCUT2D eigenvalue weighted by molar-refractivity contribution is 6.02. The minimum atomic E-state index is -0.0762. The lowest BCUT2D eigenvalue weighted by molar-refractivity contribution is -0.122. The molecular formula is C28H37N5O3. The van der Waals surface area contributed by atoms with Gasteiger partial charge in [-0.25, -0.2) is 4.98 Å². The standard InChI is InChI=1S/C28H37N5O3/c1-33(2)27-22-6-4-5-7-24(22)31-28(32-27)30-19-10-8-18(9-11-19)29-26(35)15-17-14-25(34)21-13-12-20(36-3)16-23(17)21/h12-13,16-19H,4-11,14-15H2,1-3H3,(H,29,35)(H,30,31,32). The van der Waals surface area contributed by atoms with E-state index in [0.29, 0.717) is 18.9 Å². The lowest BCUT2D eigenvalue weighted by Crippen LogP contribution is -2.40. The van der Waals surface area contributed by atoms with Crippen LogP contribution in [0.3, 0.4) is 0 Å². The molecule has 1 atom stereocenters. The Kier molecular flexibility index (Phi) is 7.12. The maximum atomic E-state index is 12.9. The first-order valence-electron chi connectivity index (χ1n) is 13.3. The molecule has 2 N–H and O–H groups in total. The van der Waals surface area contributed by atoms with E-state index in [0.717, 1.165) is 67.2 Å². The van der Waals surface area contributed by atoms with Crippen molar-refractivity contribution in [3.63, 3.8) is 0 Å². The fourth-order valence-electron chi connectivity index (χ4n) is 5.97. The van der Waals surface area contributed by atoms with Gasteiger partial charge < -0.3 is 20.3 Å². The van der Waals surface area contributed by atoms with Gasteiger partial charge in [-0.05, 0) is 75.1 Å². The van der Waals surface area contributed by atoms with E-state index in [-0.39, 0.29) is 23.7 Å². The van der Waals surface area contributed by atoms with Gasteiger partial charge in [0.05, 0.1) is 12.8 Å². The minimum Gasteiger partial charge on any atom is -0.497 e. The van der Waals surface area contributed by atoms with E-state index in [9.17, 15) is 9.59 Å². The van der Waals surface area contributed by atoms with Crippen molar-refractivity contribution in [1.82, 2.24) is 15.3 Å². The summed E-state index contributed by atoms with van der Waals surface area (Å²) in [6.45, 7) is 0. The summed E-state index contributed by atoms with van der Waals surface area (Å²) in [4.78, 5) is 37.0. The maximum absolute atomic E-state index is 12.9. The first-order valence-corrected chi connectivity index (χ1v) is 13.3. The number of carbonyl (C=O) groups is 2. The van der Waals surface area contributed by atoms with Crippen molar-refractivity contribution in [2.45, 2.75) is 82.2 Å². The van der Waals surface area contributed by atoms with Crippen LogP contribution in [0.25, 0.3) is 0 Å². The van der Waals surface area contributed by atoms with Gasteiger partial charge in [-0.15, -0.1) is 0 Å². The Morgan fingerprint density at radius 3 is 2.58 bits per heavy atom. The molecule has 8 nitrogen and oxygen atoms in total. The van der Waals surface area contributed by atoms with Crippen LogP contribution in [0.4, 0.5) is 11.8 Å². The van der Waals surface area contributed by atoms with E-state index < -0.39 is 0 Å². The average molecular weight is 492 g/mol. The smallest absolute Gasteiger partial charge is 0.225 e. The number of anilines is 2. The summed E-state index contributed by atoms with van der Waals surface area (Å²) in [6.07, 6.45) is 8.97. The Balaban J connectivity index is 1.14. The fourth-order valence-corrected chi connectivity index (χ4v) is 5.97. The zero-order chi connectivity index (χ0) is 25.2. The van der Waals surface area contributed by atoms with Crippen molar-refractivity contribution in [2.75, 3.05) is 31.4 Å². The number of fused-ring (bicyclic) bond motifs is 2. The van der Waals surface area contributed by atoms with Crippen molar-refractivity contribution < 1.29 is 14.3 Å². The second kappa shape index (κ2) is 10.4. The Labute approximate surface area is 213 Å². The summed E-state index contributed by atoms with van der Waals surface area (Å²) >= 11 is 0. The van der Waals surface area contributed by atoms with Gasteiger partial charge in [0.15, 0.2) is 5.78 Å². The third kappa shape index (κ3) is 5.18. The number of Topliss-reactive ketones (excluding diaryl/α,β-unsaturated/α-hetero) is 1. The van der Waals surface area contributed by atoms with E-state index in [1.807, 2.05) is 32.3 Å². The lowest BCUT2D eigenvalue weighted by Gasteiger charge is -2.30. The Hall–Kier alpha value is -3.16. The highest BCUT2D eigenvalue weighted by atomic mass is 16.5. The van der Waals surface area contributed by atoms with Crippen LogP contribution in [0.1, 0.15) is 84.5 Å². The zero-order valence-electron chi connectivity index (χ0n) is 21.6. The molecule has 3 aliphatic carbocycles. The van der Waals surface area contributed by atoms with E-state index in [1.54, 1.807) is 7.11 Å². The molecule has 192 valence electrons. The Morgan fingerprint density at radius 1 is 1.08 bits per heavy atom. The van der Waals surface area contributed by atoms with E-state index in [2.05, 4.69) is 15.5 Å².